The van der Waals surface area contributed by atoms with E-state index in [1.165, 1.54) is 18.0 Å². The monoisotopic (exact) mass is 306 g/mol. The molecule has 0 fully saturated rings. The number of ether oxygens (including phenoxy) is 2. The number of aromatic carboxylic acids is 1. The molecule has 0 aliphatic carbocycles. The molecule has 0 bridgehead atoms. The highest BCUT2D eigenvalue weighted by molar-refractivity contribution is 7.98. The van der Waals surface area contributed by atoms with Gasteiger partial charge in [0.15, 0.2) is 5.16 Å². The lowest BCUT2D eigenvalue weighted by Gasteiger charge is -2.09. The van der Waals surface area contributed by atoms with E-state index in [-0.39, 0.29) is 18.1 Å². The fraction of sp³-hybridized carbons (Fsp3) is 0.214. The second-order valence-corrected chi connectivity index (χ2v) is 4.79. The minimum Gasteiger partial charge on any atom is -0.497 e. The Bertz CT molecular complexity index is 631. The average molecular weight is 306 g/mol. The van der Waals surface area contributed by atoms with E-state index >= 15 is 0 Å². The van der Waals surface area contributed by atoms with Crippen molar-refractivity contribution in [2.75, 3.05) is 13.4 Å². The molecule has 0 unspecified atom stereocenters. The Morgan fingerprint density at radius 3 is 2.62 bits per heavy atom. The highest BCUT2D eigenvalue weighted by Crippen LogP contribution is 2.20. The van der Waals surface area contributed by atoms with E-state index in [1.807, 2.05) is 30.5 Å². The fourth-order valence-corrected chi connectivity index (χ4v) is 1.91. The molecule has 21 heavy (non-hydrogen) atoms. The Morgan fingerprint density at radius 1 is 1.33 bits per heavy atom. The average Bonchev–Trinajstić information content (AvgIpc) is 2.52. The van der Waals surface area contributed by atoms with Gasteiger partial charge in [-0.25, -0.2) is 9.78 Å². The number of methoxy groups -OCH3 is 1. The molecule has 0 aliphatic rings. The quantitative estimate of drug-likeness (QED) is 0.648. The lowest BCUT2D eigenvalue weighted by atomic mass is 10.2. The number of carboxylic acids is 1. The van der Waals surface area contributed by atoms with Gasteiger partial charge in [0.2, 0.25) is 5.88 Å². The Morgan fingerprint density at radius 2 is 2.05 bits per heavy atom. The van der Waals surface area contributed by atoms with Crippen LogP contribution in [0.15, 0.2) is 35.6 Å². The van der Waals surface area contributed by atoms with E-state index in [4.69, 9.17) is 14.6 Å². The van der Waals surface area contributed by atoms with Crippen LogP contribution in [0.2, 0.25) is 0 Å². The minimum absolute atomic E-state index is 0.0543. The summed E-state index contributed by atoms with van der Waals surface area (Å²) in [6.45, 7) is 0.217. The number of nitrogens with zero attached hydrogens (tertiary/aromatic N) is 2. The summed E-state index contributed by atoms with van der Waals surface area (Å²) in [5.74, 6) is -0.304. The maximum atomic E-state index is 11.1. The van der Waals surface area contributed by atoms with Crippen LogP contribution in [0, 0.1) is 0 Å². The molecule has 0 amide bonds. The van der Waals surface area contributed by atoms with Crippen LogP contribution in [0.1, 0.15) is 15.9 Å². The summed E-state index contributed by atoms with van der Waals surface area (Å²) in [5, 5.41) is 9.57. The molecule has 0 aliphatic heterocycles. The van der Waals surface area contributed by atoms with Gasteiger partial charge in [0.05, 0.1) is 7.11 Å². The van der Waals surface area contributed by atoms with Gasteiger partial charge in [-0.15, -0.1) is 0 Å². The highest BCUT2D eigenvalue weighted by Gasteiger charge is 2.15. The van der Waals surface area contributed by atoms with Crippen LogP contribution in [0.4, 0.5) is 0 Å². The summed E-state index contributed by atoms with van der Waals surface area (Å²) in [7, 11) is 1.59. The van der Waals surface area contributed by atoms with Gasteiger partial charge in [0, 0.05) is 6.20 Å². The highest BCUT2D eigenvalue weighted by atomic mass is 32.2. The van der Waals surface area contributed by atoms with Crippen molar-refractivity contribution in [3.8, 4) is 11.6 Å². The number of carboxylic acid groups (broad SMARTS) is 1. The Balaban J connectivity index is 2.15. The Hall–Kier alpha value is -2.28. The molecule has 1 N–H and O–H groups in total. The van der Waals surface area contributed by atoms with Crippen molar-refractivity contribution in [1.29, 1.82) is 0 Å². The molecule has 0 saturated heterocycles. The van der Waals surface area contributed by atoms with Gasteiger partial charge < -0.3 is 14.6 Å². The van der Waals surface area contributed by atoms with E-state index < -0.39 is 5.97 Å². The number of aromatic nitrogens is 2. The zero-order valence-corrected chi connectivity index (χ0v) is 12.4. The maximum absolute atomic E-state index is 11.1. The third-order valence-corrected chi connectivity index (χ3v) is 3.24. The van der Waals surface area contributed by atoms with Crippen LogP contribution in [0.5, 0.6) is 11.6 Å². The number of benzene rings is 1. The van der Waals surface area contributed by atoms with Crippen molar-refractivity contribution in [1.82, 2.24) is 9.97 Å². The molecule has 0 spiro atoms. The molecule has 1 heterocycles. The van der Waals surface area contributed by atoms with Crippen LogP contribution in [-0.2, 0) is 6.61 Å². The molecule has 1 aromatic carbocycles. The minimum atomic E-state index is -1.12. The van der Waals surface area contributed by atoms with Crippen molar-refractivity contribution in [2.24, 2.45) is 0 Å². The summed E-state index contributed by atoms with van der Waals surface area (Å²) >= 11 is 1.32. The summed E-state index contributed by atoms with van der Waals surface area (Å²) in [4.78, 5) is 19.1. The molecule has 2 rings (SSSR count). The van der Waals surface area contributed by atoms with Crippen LogP contribution in [0.25, 0.3) is 0 Å². The predicted octanol–water partition coefficient (Wildman–Crippen LogP) is 2.48. The van der Waals surface area contributed by atoms with Crippen LogP contribution in [-0.4, -0.2) is 34.4 Å². The van der Waals surface area contributed by atoms with Crippen molar-refractivity contribution < 1.29 is 19.4 Å². The predicted molar refractivity (Wildman–Crippen MR) is 78.1 cm³/mol. The Labute approximate surface area is 126 Å². The van der Waals surface area contributed by atoms with Crippen molar-refractivity contribution in [2.45, 2.75) is 11.8 Å². The second-order valence-electron chi connectivity index (χ2n) is 4.02. The fourth-order valence-electron chi connectivity index (χ4n) is 1.58. The van der Waals surface area contributed by atoms with Gasteiger partial charge in [-0.3, -0.25) is 0 Å². The molecule has 0 saturated carbocycles. The second kappa shape index (κ2) is 6.94. The summed E-state index contributed by atoms with van der Waals surface area (Å²) < 4.78 is 10.6. The number of carbonyl (C=O) groups is 1. The molecule has 110 valence electrons. The Kier molecular flexibility index (Phi) is 4.99. The van der Waals surface area contributed by atoms with Gasteiger partial charge in [0.25, 0.3) is 0 Å². The van der Waals surface area contributed by atoms with Crippen molar-refractivity contribution in [3.05, 3.63) is 41.6 Å². The van der Waals surface area contributed by atoms with E-state index in [0.717, 1.165) is 11.3 Å². The SMILES string of the molecule is COc1ccc(COc2nc(SC)ncc2C(=O)O)cc1. The van der Waals surface area contributed by atoms with Gasteiger partial charge >= 0.3 is 5.97 Å². The standard InChI is InChI=1S/C14H14N2O4S/c1-19-10-5-3-9(4-6-10)8-20-12-11(13(17)18)7-15-14(16-12)21-2/h3-7H,8H2,1-2H3,(H,17,18). The first kappa shape index (κ1) is 15.1. The van der Waals surface area contributed by atoms with Gasteiger partial charge in [0.1, 0.15) is 17.9 Å². The largest absolute Gasteiger partial charge is 0.497 e. The van der Waals surface area contributed by atoms with Gasteiger partial charge in [-0.1, -0.05) is 23.9 Å². The molecule has 2 aromatic rings. The van der Waals surface area contributed by atoms with E-state index in [1.54, 1.807) is 7.11 Å². The third-order valence-electron chi connectivity index (χ3n) is 2.68. The van der Waals surface area contributed by atoms with Crippen molar-refractivity contribution in [3.63, 3.8) is 0 Å². The smallest absolute Gasteiger partial charge is 0.342 e. The van der Waals surface area contributed by atoms with Crippen molar-refractivity contribution >= 4 is 17.7 Å². The van der Waals surface area contributed by atoms with Crippen LogP contribution in [0.3, 0.4) is 0 Å². The molecular weight excluding hydrogens is 292 g/mol. The normalized spacial score (nSPS) is 10.2. The summed E-state index contributed by atoms with van der Waals surface area (Å²) in [6.07, 6.45) is 3.06. The lowest BCUT2D eigenvalue weighted by molar-refractivity contribution is 0.0689. The topological polar surface area (TPSA) is 81.5 Å². The molecular formula is C14H14N2O4S. The molecule has 1 aromatic heterocycles. The van der Waals surface area contributed by atoms with Gasteiger partial charge in [-0.05, 0) is 24.0 Å². The molecule has 0 atom stereocenters. The summed E-state index contributed by atoms with van der Waals surface area (Å²) in [6, 6.07) is 7.31. The van der Waals surface area contributed by atoms with E-state index in [2.05, 4.69) is 9.97 Å². The lowest BCUT2D eigenvalue weighted by Crippen LogP contribution is -2.07. The molecule has 6 nitrogen and oxygen atoms in total. The number of rotatable bonds is 6. The maximum Gasteiger partial charge on any atom is 0.342 e. The van der Waals surface area contributed by atoms with Crippen LogP contribution < -0.4 is 9.47 Å². The number of thioether (sulfide) groups is 1. The van der Waals surface area contributed by atoms with Gasteiger partial charge in [-0.2, -0.15) is 4.98 Å². The molecule has 0 radical (unpaired) electrons. The first-order valence-corrected chi connectivity index (χ1v) is 7.26. The molecule has 7 heteroatoms. The van der Waals surface area contributed by atoms with E-state index in [9.17, 15) is 4.79 Å². The first-order valence-electron chi connectivity index (χ1n) is 6.04. The zero-order chi connectivity index (χ0) is 15.2. The van der Waals surface area contributed by atoms with Crippen LogP contribution >= 0.6 is 11.8 Å². The summed E-state index contributed by atoms with van der Waals surface area (Å²) in [5.41, 5.74) is 0.831. The number of hydrogen-bond donors (Lipinski definition) is 1. The van der Waals surface area contributed by atoms with E-state index in [0.29, 0.717) is 5.16 Å². The number of hydrogen-bond acceptors (Lipinski definition) is 6. The third kappa shape index (κ3) is 3.85. The first-order chi connectivity index (χ1) is 10.1. The zero-order valence-electron chi connectivity index (χ0n) is 11.6.